The smallest absolute Gasteiger partial charge is 0.275 e. The van der Waals surface area contributed by atoms with E-state index in [-0.39, 0.29) is 11.5 Å². The van der Waals surface area contributed by atoms with Crippen molar-refractivity contribution in [3.63, 3.8) is 0 Å². The van der Waals surface area contributed by atoms with Crippen molar-refractivity contribution in [2.24, 2.45) is 5.10 Å². The number of carbonyl (C=O) groups is 3. The van der Waals surface area contributed by atoms with Crippen molar-refractivity contribution in [1.82, 2.24) is 5.43 Å². The summed E-state index contributed by atoms with van der Waals surface area (Å²) in [6.07, 6.45) is 21.2. The van der Waals surface area contributed by atoms with Gasteiger partial charge in [0.15, 0.2) is 0 Å². The minimum atomic E-state index is -1.31. The second kappa shape index (κ2) is 22.6. The first-order valence-electron chi connectivity index (χ1n) is 16.2. The molecule has 0 bridgehead atoms. The Bertz CT molecular complexity index is 1150. The summed E-state index contributed by atoms with van der Waals surface area (Å²) in [5.41, 5.74) is 3.96. The lowest BCUT2D eigenvalue weighted by Gasteiger charge is -2.11. The number of carboxylic acid groups (broad SMARTS) is 1. The number of hydrogen-bond acceptors (Lipinski definition) is 7. The van der Waals surface area contributed by atoms with E-state index in [1.807, 2.05) is 0 Å². The highest BCUT2D eigenvalue weighted by Crippen LogP contribution is 2.24. The fourth-order valence-corrected chi connectivity index (χ4v) is 4.85. The van der Waals surface area contributed by atoms with Gasteiger partial charge in [-0.1, -0.05) is 96.8 Å². The normalized spacial score (nSPS) is 11.0. The Hall–Kier alpha value is -3.88. The maximum Gasteiger partial charge on any atom is 0.275 e. The molecule has 2 aromatic rings. The number of hydrazone groups is 1. The Labute approximate surface area is 262 Å². The number of anilines is 1. The van der Waals surface area contributed by atoms with Gasteiger partial charge < -0.3 is 24.7 Å². The fraction of sp³-hybridized carbons (Fsp3) is 0.543. The SMILES string of the molecule is CCCCCCCCCCCCCCCCCC(=O)Nc1ccc(C(=O)N/N=C/c2ccc(OCC(=O)[O-])cc2)c(OC)c1. The molecule has 0 saturated carbocycles. The van der Waals surface area contributed by atoms with Crippen LogP contribution < -0.4 is 25.3 Å². The topological polar surface area (TPSA) is 129 Å². The number of nitrogens with zero attached hydrogens (tertiary/aromatic N) is 1. The Morgan fingerprint density at radius 1 is 0.795 bits per heavy atom. The Balaban J connectivity index is 1.61. The molecule has 0 aliphatic carbocycles. The molecule has 0 unspecified atom stereocenters. The van der Waals surface area contributed by atoms with E-state index in [9.17, 15) is 19.5 Å². The molecule has 2 N–H and O–H groups in total. The molecule has 44 heavy (non-hydrogen) atoms. The number of methoxy groups -OCH3 is 1. The second-order valence-corrected chi connectivity index (χ2v) is 11.1. The van der Waals surface area contributed by atoms with Gasteiger partial charge >= 0.3 is 0 Å². The van der Waals surface area contributed by atoms with Crippen LogP contribution in [0.2, 0.25) is 0 Å². The van der Waals surface area contributed by atoms with E-state index in [4.69, 9.17) is 9.47 Å². The molecule has 0 aliphatic heterocycles. The highest BCUT2D eigenvalue weighted by molar-refractivity contribution is 5.99. The van der Waals surface area contributed by atoms with Crippen molar-refractivity contribution < 1.29 is 29.0 Å². The highest BCUT2D eigenvalue weighted by Gasteiger charge is 2.13. The Kier molecular flexibility index (Phi) is 18.7. The fourth-order valence-electron chi connectivity index (χ4n) is 4.85. The lowest BCUT2D eigenvalue weighted by molar-refractivity contribution is -0.307. The number of carbonyl (C=O) groups excluding carboxylic acids is 3. The highest BCUT2D eigenvalue weighted by atomic mass is 16.5. The average molecular weight is 609 g/mol. The van der Waals surface area contributed by atoms with Gasteiger partial charge in [-0.15, -0.1) is 0 Å². The number of carboxylic acids is 1. The number of rotatable bonds is 24. The van der Waals surface area contributed by atoms with E-state index in [2.05, 4.69) is 22.8 Å². The minimum absolute atomic E-state index is 0.0559. The van der Waals surface area contributed by atoms with Crippen LogP contribution >= 0.6 is 0 Å². The summed E-state index contributed by atoms with van der Waals surface area (Å²) in [5.74, 6) is -1.14. The molecule has 2 aromatic carbocycles. The van der Waals surface area contributed by atoms with E-state index < -0.39 is 18.5 Å². The summed E-state index contributed by atoms with van der Waals surface area (Å²) in [6.45, 7) is 1.73. The van der Waals surface area contributed by atoms with E-state index in [1.165, 1.54) is 90.4 Å². The summed E-state index contributed by atoms with van der Waals surface area (Å²) >= 11 is 0. The first-order chi connectivity index (χ1) is 21.4. The van der Waals surface area contributed by atoms with Gasteiger partial charge in [-0.05, 0) is 48.4 Å². The van der Waals surface area contributed by atoms with Crippen LogP contribution in [0.15, 0.2) is 47.6 Å². The third-order valence-electron chi connectivity index (χ3n) is 7.35. The number of amides is 2. The van der Waals surface area contributed by atoms with E-state index >= 15 is 0 Å². The number of ether oxygens (including phenoxy) is 2. The molecule has 2 rings (SSSR count). The van der Waals surface area contributed by atoms with Gasteiger partial charge in [-0.3, -0.25) is 9.59 Å². The predicted octanol–water partition coefficient (Wildman–Crippen LogP) is 6.79. The number of benzene rings is 2. The van der Waals surface area contributed by atoms with Crippen LogP contribution in [0.3, 0.4) is 0 Å². The van der Waals surface area contributed by atoms with Crippen LogP contribution in [-0.2, 0) is 9.59 Å². The van der Waals surface area contributed by atoms with Crippen molar-refractivity contribution in [1.29, 1.82) is 0 Å². The molecular formula is C35H50N3O6-. The number of nitrogens with one attached hydrogen (secondary N) is 2. The second-order valence-electron chi connectivity index (χ2n) is 11.1. The van der Waals surface area contributed by atoms with Gasteiger partial charge in [0.2, 0.25) is 5.91 Å². The molecule has 0 aromatic heterocycles. The van der Waals surface area contributed by atoms with Gasteiger partial charge in [0.25, 0.3) is 5.91 Å². The Morgan fingerprint density at radius 3 is 1.91 bits per heavy atom. The molecule has 9 heteroatoms. The largest absolute Gasteiger partial charge is 0.546 e. The lowest BCUT2D eigenvalue weighted by atomic mass is 10.0. The van der Waals surface area contributed by atoms with Gasteiger partial charge in [0, 0.05) is 18.2 Å². The van der Waals surface area contributed by atoms with Gasteiger partial charge in [-0.2, -0.15) is 5.10 Å². The first-order valence-corrected chi connectivity index (χ1v) is 16.2. The zero-order chi connectivity index (χ0) is 31.8. The van der Waals surface area contributed by atoms with Crippen LogP contribution in [0.4, 0.5) is 5.69 Å². The van der Waals surface area contributed by atoms with Gasteiger partial charge in [0.05, 0.1) is 24.9 Å². The third-order valence-corrected chi connectivity index (χ3v) is 7.35. The van der Waals surface area contributed by atoms with E-state index in [0.29, 0.717) is 29.2 Å². The zero-order valence-corrected chi connectivity index (χ0v) is 26.5. The number of hydrogen-bond donors (Lipinski definition) is 2. The summed E-state index contributed by atoms with van der Waals surface area (Å²) in [6, 6.07) is 11.4. The molecule has 0 heterocycles. The maximum atomic E-state index is 12.6. The molecule has 0 saturated heterocycles. The molecular weight excluding hydrogens is 558 g/mol. The van der Waals surface area contributed by atoms with Crippen LogP contribution in [0.5, 0.6) is 11.5 Å². The van der Waals surface area contributed by atoms with Gasteiger partial charge in [0.1, 0.15) is 18.1 Å². The lowest BCUT2D eigenvalue weighted by Crippen LogP contribution is -2.28. The quantitative estimate of drug-likeness (QED) is 0.0767. The molecule has 9 nitrogen and oxygen atoms in total. The van der Waals surface area contributed by atoms with Crippen LogP contribution in [-0.4, -0.2) is 37.7 Å². The van der Waals surface area contributed by atoms with Crippen molar-refractivity contribution >= 4 is 29.7 Å². The summed E-state index contributed by atoms with van der Waals surface area (Å²) in [7, 11) is 1.46. The number of aliphatic carboxylic acids is 1. The average Bonchev–Trinajstić information content (AvgIpc) is 3.02. The van der Waals surface area contributed by atoms with E-state index in [1.54, 1.807) is 42.5 Å². The summed E-state index contributed by atoms with van der Waals surface area (Å²) in [5, 5.41) is 17.3. The molecule has 2 amide bonds. The Morgan fingerprint density at radius 2 is 1.36 bits per heavy atom. The maximum absolute atomic E-state index is 12.6. The predicted molar refractivity (Wildman–Crippen MR) is 173 cm³/mol. The van der Waals surface area contributed by atoms with Crippen molar-refractivity contribution in [3.8, 4) is 11.5 Å². The van der Waals surface area contributed by atoms with Gasteiger partial charge in [-0.25, -0.2) is 5.43 Å². The molecule has 0 radical (unpaired) electrons. The third kappa shape index (κ3) is 16.1. The first kappa shape index (κ1) is 36.3. The molecule has 0 fully saturated rings. The molecule has 0 atom stereocenters. The van der Waals surface area contributed by atoms with Crippen LogP contribution in [0.25, 0.3) is 0 Å². The van der Waals surface area contributed by atoms with Crippen molar-refractivity contribution in [2.75, 3.05) is 19.0 Å². The summed E-state index contributed by atoms with van der Waals surface area (Å²) < 4.78 is 10.4. The van der Waals surface area contributed by atoms with Crippen LogP contribution in [0, 0.1) is 0 Å². The zero-order valence-electron chi connectivity index (χ0n) is 26.5. The monoisotopic (exact) mass is 608 g/mol. The molecule has 0 aliphatic rings. The minimum Gasteiger partial charge on any atom is -0.546 e. The number of unbranched alkanes of at least 4 members (excludes halogenated alkanes) is 14. The van der Waals surface area contributed by atoms with Crippen molar-refractivity contribution in [3.05, 3.63) is 53.6 Å². The molecule has 242 valence electrons. The molecule has 0 spiro atoms. The van der Waals surface area contributed by atoms with E-state index in [0.717, 1.165) is 19.3 Å². The standard InChI is InChI=1S/C35H51N3O6/c1-3-4-5-6-7-8-9-10-11-12-13-14-15-16-17-18-33(39)37-29-21-24-31(32(25-29)43-2)35(42)38-36-26-28-19-22-30(23-20-28)44-27-34(40)41/h19-26H,3-18,27H2,1-2H3,(H,37,39)(H,38,42)(H,40,41)/p-1/b36-26+. The van der Waals surface area contributed by atoms with Crippen molar-refractivity contribution in [2.45, 2.75) is 110 Å². The van der Waals surface area contributed by atoms with Crippen LogP contribution in [0.1, 0.15) is 126 Å². The summed E-state index contributed by atoms with van der Waals surface area (Å²) in [4.78, 5) is 35.6.